The van der Waals surface area contributed by atoms with Crippen molar-refractivity contribution < 1.29 is 14.3 Å². The van der Waals surface area contributed by atoms with Crippen LogP contribution in [0.5, 0.6) is 5.75 Å². The van der Waals surface area contributed by atoms with E-state index in [4.69, 9.17) is 15.2 Å². The zero-order valence-corrected chi connectivity index (χ0v) is 13.3. The van der Waals surface area contributed by atoms with Crippen molar-refractivity contribution in [2.75, 3.05) is 26.6 Å². The summed E-state index contributed by atoms with van der Waals surface area (Å²) >= 11 is 1.37. The molecule has 1 aromatic heterocycles. The van der Waals surface area contributed by atoms with Gasteiger partial charge in [-0.15, -0.1) is 11.3 Å². The molecule has 0 radical (unpaired) electrons. The summed E-state index contributed by atoms with van der Waals surface area (Å²) in [6.07, 6.45) is 0.799. The van der Waals surface area contributed by atoms with E-state index >= 15 is 0 Å². The molecule has 1 aromatic carbocycles. The molecule has 0 spiro atoms. The number of carbonyl (C=O) groups is 1. The lowest BCUT2D eigenvalue weighted by Gasteiger charge is -2.15. The number of hydrogen-bond donors (Lipinski definition) is 2. The molecule has 0 saturated carbocycles. The molecule has 2 rings (SSSR count). The van der Waals surface area contributed by atoms with Gasteiger partial charge in [-0.05, 0) is 18.6 Å². The number of hydrogen-bond acceptors (Lipinski definition) is 5. The predicted molar refractivity (Wildman–Crippen MR) is 86.2 cm³/mol. The summed E-state index contributed by atoms with van der Waals surface area (Å²) in [4.78, 5) is 12.9. The van der Waals surface area contributed by atoms with Gasteiger partial charge in [-0.25, -0.2) is 0 Å². The van der Waals surface area contributed by atoms with Crippen molar-refractivity contribution in [3.05, 3.63) is 23.1 Å². The van der Waals surface area contributed by atoms with E-state index in [1.165, 1.54) is 11.3 Å². The van der Waals surface area contributed by atoms with E-state index in [2.05, 4.69) is 5.32 Å². The number of ether oxygens (including phenoxy) is 2. The van der Waals surface area contributed by atoms with Gasteiger partial charge in [0.2, 0.25) is 0 Å². The number of carbonyl (C=O) groups excluding carboxylic acids is 1. The van der Waals surface area contributed by atoms with Crippen LogP contribution in [-0.4, -0.2) is 32.8 Å². The van der Waals surface area contributed by atoms with Gasteiger partial charge in [-0.3, -0.25) is 4.79 Å². The molecule has 0 aliphatic carbocycles. The molecule has 114 valence electrons. The van der Waals surface area contributed by atoms with E-state index in [1.54, 1.807) is 14.2 Å². The highest BCUT2D eigenvalue weighted by molar-refractivity contribution is 7.21. The average molecular weight is 308 g/mol. The molecule has 0 aliphatic heterocycles. The Morgan fingerprint density at radius 1 is 1.43 bits per heavy atom. The SMILES string of the molecule is CCC(COC)NC(=O)c1sc2cccc(OC)c2c1N. The summed E-state index contributed by atoms with van der Waals surface area (Å²) in [5.41, 5.74) is 6.62. The first kappa shape index (κ1) is 15.6. The Balaban J connectivity index is 2.34. The maximum Gasteiger partial charge on any atom is 0.263 e. The Labute approximate surface area is 128 Å². The molecule has 5 nitrogen and oxygen atoms in total. The van der Waals surface area contributed by atoms with Crippen LogP contribution in [0.4, 0.5) is 5.69 Å². The normalized spacial score (nSPS) is 12.3. The van der Waals surface area contributed by atoms with Crippen LogP contribution < -0.4 is 15.8 Å². The molecule has 2 aromatic rings. The maximum atomic E-state index is 12.4. The summed E-state index contributed by atoms with van der Waals surface area (Å²) in [5.74, 6) is 0.517. The molecular formula is C15H20N2O3S. The van der Waals surface area contributed by atoms with Crippen LogP contribution in [0.3, 0.4) is 0 Å². The molecular weight excluding hydrogens is 288 g/mol. The number of benzene rings is 1. The average Bonchev–Trinajstić information content (AvgIpc) is 2.84. The fourth-order valence-electron chi connectivity index (χ4n) is 2.19. The van der Waals surface area contributed by atoms with Crippen molar-refractivity contribution >= 4 is 33.0 Å². The number of nitrogens with one attached hydrogen (secondary N) is 1. The molecule has 1 heterocycles. The standard InChI is InChI=1S/C15H20N2O3S/c1-4-9(8-19-2)17-15(18)14-13(16)12-10(20-3)6-5-7-11(12)21-14/h5-7,9H,4,8,16H2,1-3H3,(H,17,18). The van der Waals surface area contributed by atoms with E-state index in [9.17, 15) is 4.79 Å². The highest BCUT2D eigenvalue weighted by atomic mass is 32.1. The van der Waals surface area contributed by atoms with Crippen LogP contribution in [0, 0.1) is 0 Å². The van der Waals surface area contributed by atoms with Gasteiger partial charge in [0, 0.05) is 11.8 Å². The first-order chi connectivity index (χ1) is 10.1. The molecule has 0 fully saturated rings. The molecule has 0 saturated heterocycles. The largest absolute Gasteiger partial charge is 0.496 e. The van der Waals surface area contributed by atoms with Crippen molar-refractivity contribution in [3.8, 4) is 5.75 Å². The third-order valence-electron chi connectivity index (χ3n) is 3.34. The Bertz CT molecular complexity index is 639. The van der Waals surface area contributed by atoms with Gasteiger partial charge in [0.15, 0.2) is 0 Å². The molecule has 1 atom stereocenters. The minimum atomic E-state index is -0.167. The van der Waals surface area contributed by atoms with Crippen molar-refractivity contribution in [3.63, 3.8) is 0 Å². The second kappa shape index (κ2) is 6.78. The van der Waals surface area contributed by atoms with Crippen molar-refractivity contribution in [1.82, 2.24) is 5.32 Å². The zero-order chi connectivity index (χ0) is 15.4. The summed E-state index contributed by atoms with van der Waals surface area (Å²) in [7, 11) is 3.21. The third-order valence-corrected chi connectivity index (χ3v) is 4.51. The number of nitrogens with two attached hydrogens (primary N) is 1. The quantitative estimate of drug-likeness (QED) is 0.860. The second-order valence-electron chi connectivity index (χ2n) is 4.71. The van der Waals surface area contributed by atoms with Gasteiger partial charge in [0.1, 0.15) is 10.6 Å². The van der Waals surface area contributed by atoms with E-state index in [0.717, 1.165) is 16.5 Å². The van der Waals surface area contributed by atoms with Crippen molar-refractivity contribution in [1.29, 1.82) is 0 Å². The van der Waals surface area contributed by atoms with Crippen LogP contribution in [0.15, 0.2) is 18.2 Å². The lowest BCUT2D eigenvalue weighted by Crippen LogP contribution is -2.37. The lowest BCUT2D eigenvalue weighted by atomic mass is 10.2. The summed E-state index contributed by atoms with van der Waals surface area (Å²) < 4.78 is 11.4. The molecule has 6 heteroatoms. The summed E-state index contributed by atoms with van der Waals surface area (Å²) in [6, 6.07) is 5.64. The number of methoxy groups -OCH3 is 2. The molecule has 1 unspecified atom stereocenters. The predicted octanol–water partition coefficient (Wildman–Crippen LogP) is 2.65. The van der Waals surface area contributed by atoms with Gasteiger partial charge >= 0.3 is 0 Å². The minimum Gasteiger partial charge on any atom is -0.496 e. The van der Waals surface area contributed by atoms with Crippen LogP contribution in [0.2, 0.25) is 0 Å². The summed E-state index contributed by atoms with van der Waals surface area (Å²) in [5, 5.41) is 3.75. The number of rotatable bonds is 6. The zero-order valence-electron chi connectivity index (χ0n) is 12.4. The first-order valence-corrected chi connectivity index (χ1v) is 7.58. The fraction of sp³-hybridized carbons (Fsp3) is 0.400. The first-order valence-electron chi connectivity index (χ1n) is 6.77. The van der Waals surface area contributed by atoms with Crippen LogP contribution in [0.1, 0.15) is 23.0 Å². The smallest absolute Gasteiger partial charge is 0.263 e. The number of amides is 1. The van der Waals surface area contributed by atoms with E-state index < -0.39 is 0 Å². The fourth-order valence-corrected chi connectivity index (χ4v) is 3.24. The van der Waals surface area contributed by atoms with Gasteiger partial charge < -0.3 is 20.5 Å². The number of anilines is 1. The Kier molecular flexibility index (Phi) is 5.03. The van der Waals surface area contributed by atoms with Crippen molar-refractivity contribution in [2.24, 2.45) is 0 Å². The molecule has 1 amide bonds. The van der Waals surface area contributed by atoms with Crippen LogP contribution >= 0.6 is 11.3 Å². The molecule has 3 N–H and O–H groups in total. The van der Waals surface area contributed by atoms with Gasteiger partial charge in [0.05, 0.1) is 30.8 Å². The van der Waals surface area contributed by atoms with Gasteiger partial charge in [-0.2, -0.15) is 0 Å². The topological polar surface area (TPSA) is 73.6 Å². The van der Waals surface area contributed by atoms with Gasteiger partial charge in [0.25, 0.3) is 5.91 Å². The van der Waals surface area contributed by atoms with Crippen molar-refractivity contribution in [2.45, 2.75) is 19.4 Å². The monoisotopic (exact) mass is 308 g/mol. The molecule has 0 aliphatic rings. The Hall–Kier alpha value is -1.79. The second-order valence-corrected chi connectivity index (χ2v) is 5.76. The minimum absolute atomic E-state index is 0.0194. The maximum absolute atomic E-state index is 12.4. The van der Waals surface area contributed by atoms with Gasteiger partial charge in [-0.1, -0.05) is 13.0 Å². The highest BCUT2D eigenvalue weighted by Crippen LogP contribution is 2.39. The van der Waals surface area contributed by atoms with E-state index in [-0.39, 0.29) is 11.9 Å². The van der Waals surface area contributed by atoms with E-state index in [1.807, 2.05) is 25.1 Å². The number of fused-ring (bicyclic) bond motifs is 1. The van der Waals surface area contributed by atoms with Crippen LogP contribution in [-0.2, 0) is 4.74 Å². The third kappa shape index (κ3) is 3.11. The highest BCUT2D eigenvalue weighted by Gasteiger charge is 2.20. The number of thiophene rings is 1. The molecule has 21 heavy (non-hydrogen) atoms. The van der Waals surface area contributed by atoms with Crippen LogP contribution in [0.25, 0.3) is 10.1 Å². The van der Waals surface area contributed by atoms with E-state index in [0.29, 0.717) is 22.9 Å². The number of nitrogen functional groups attached to an aromatic ring is 1. The Morgan fingerprint density at radius 3 is 2.81 bits per heavy atom. The Morgan fingerprint density at radius 2 is 2.19 bits per heavy atom. The summed E-state index contributed by atoms with van der Waals surface area (Å²) in [6.45, 7) is 2.48. The lowest BCUT2D eigenvalue weighted by molar-refractivity contribution is 0.0899. The molecule has 0 bridgehead atoms.